The van der Waals surface area contributed by atoms with Gasteiger partial charge >= 0.3 is 0 Å². The van der Waals surface area contributed by atoms with Crippen LogP contribution in [-0.4, -0.2) is 27.3 Å². The molecule has 0 spiro atoms. The number of aliphatic hydroxyl groups is 1. The number of nitriles is 1. The van der Waals surface area contributed by atoms with Gasteiger partial charge in [-0.05, 0) is 19.1 Å². The van der Waals surface area contributed by atoms with Gasteiger partial charge in [-0.15, -0.1) is 0 Å². The first-order chi connectivity index (χ1) is 9.94. The third-order valence-corrected chi connectivity index (χ3v) is 3.21. The highest BCUT2D eigenvalue weighted by atomic mass is 16.3. The van der Waals surface area contributed by atoms with Gasteiger partial charge in [-0.1, -0.05) is 12.1 Å². The fourth-order valence-corrected chi connectivity index (χ4v) is 1.93. The van der Waals surface area contributed by atoms with E-state index >= 15 is 0 Å². The zero-order chi connectivity index (χ0) is 15.5. The number of carbonyl (C=O) groups excluding carboxylic acids is 1. The molecule has 6 heteroatoms. The molecule has 0 aliphatic heterocycles. The Morgan fingerprint density at radius 2 is 2.24 bits per heavy atom. The number of hydrogen-bond acceptors (Lipinski definition) is 4. The van der Waals surface area contributed by atoms with Crippen LogP contribution < -0.4 is 5.32 Å². The minimum Gasteiger partial charge on any atom is -0.383 e. The molecule has 0 saturated heterocycles. The zero-order valence-electron chi connectivity index (χ0n) is 11.9. The Morgan fingerprint density at radius 1 is 1.52 bits per heavy atom. The van der Waals surface area contributed by atoms with Crippen molar-refractivity contribution in [2.24, 2.45) is 7.05 Å². The van der Waals surface area contributed by atoms with Gasteiger partial charge in [0.2, 0.25) is 0 Å². The summed E-state index contributed by atoms with van der Waals surface area (Å²) in [5.74, 6) is -0.392. The van der Waals surface area contributed by atoms with E-state index in [-0.39, 0.29) is 6.54 Å². The summed E-state index contributed by atoms with van der Waals surface area (Å²) in [5.41, 5.74) is -0.0252. The van der Waals surface area contributed by atoms with E-state index in [2.05, 4.69) is 10.4 Å². The van der Waals surface area contributed by atoms with Crippen LogP contribution >= 0.6 is 0 Å². The molecule has 0 radical (unpaired) electrons. The van der Waals surface area contributed by atoms with Crippen LogP contribution in [0.25, 0.3) is 0 Å². The molecule has 2 aromatic rings. The number of nitrogens with one attached hydrogen (secondary N) is 1. The average Bonchev–Trinajstić information content (AvgIpc) is 2.92. The third-order valence-electron chi connectivity index (χ3n) is 3.21. The molecule has 21 heavy (non-hydrogen) atoms. The van der Waals surface area contributed by atoms with E-state index in [1.807, 2.05) is 6.07 Å². The molecule has 0 aliphatic rings. The van der Waals surface area contributed by atoms with Crippen LogP contribution in [0.3, 0.4) is 0 Å². The van der Waals surface area contributed by atoms with Crippen molar-refractivity contribution in [1.82, 2.24) is 15.1 Å². The van der Waals surface area contributed by atoms with Gasteiger partial charge in [-0.3, -0.25) is 9.48 Å². The molecule has 1 aromatic carbocycles. The van der Waals surface area contributed by atoms with Gasteiger partial charge < -0.3 is 10.4 Å². The SMILES string of the molecule is Cn1cc(C(C)(O)CNC(=O)c2ccccc2C#N)cn1. The Kier molecular flexibility index (Phi) is 4.05. The summed E-state index contributed by atoms with van der Waals surface area (Å²) in [7, 11) is 1.75. The molecule has 2 N–H and O–H groups in total. The highest BCUT2D eigenvalue weighted by molar-refractivity contribution is 5.96. The Balaban J connectivity index is 2.09. The Hall–Kier alpha value is -2.65. The van der Waals surface area contributed by atoms with Gasteiger partial charge in [-0.2, -0.15) is 10.4 Å². The first-order valence-corrected chi connectivity index (χ1v) is 6.43. The molecular weight excluding hydrogens is 268 g/mol. The molecule has 0 saturated carbocycles. The topological polar surface area (TPSA) is 90.9 Å². The molecule has 6 nitrogen and oxygen atoms in total. The molecule has 108 valence electrons. The first-order valence-electron chi connectivity index (χ1n) is 6.43. The van der Waals surface area contributed by atoms with Crippen LogP contribution in [0.2, 0.25) is 0 Å². The van der Waals surface area contributed by atoms with E-state index in [0.717, 1.165) is 0 Å². The van der Waals surface area contributed by atoms with E-state index in [4.69, 9.17) is 5.26 Å². The fourth-order valence-electron chi connectivity index (χ4n) is 1.93. The molecule has 0 bridgehead atoms. The molecule has 1 atom stereocenters. The highest BCUT2D eigenvalue weighted by Crippen LogP contribution is 2.18. The lowest BCUT2D eigenvalue weighted by Crippen LogP contribution is -2.38. The summed E-state index contributed by atoms with van der Waals surface area (Å²) in [6.45, 7) is 1.62. The van der Waals surface area contributed by atoms with Crippen LogP contribution in [0.4, 0.5) is 0 Å². The Bertz CT molecular complexity index is 698. The summed E-state index contributed by atoms with van der Waals surface area (Å²) >= 11 is 0. The van der Waals surface area contributed by atoms with E-state index in [0.29, 0.717) is 16.7 Å². The molecule has 2 rings (SSSR count). The summed E-state index contributed by atoms with van der Waals surface area (Å²) in [6, 6.07) is 8.51. The van der Waals surface area contributed by atoms with Crippen molar-refractivity contribution in [3.8, 4) is 6.07 Å². The van der Waals surface area contributed by atoms with E-state index in [1.54, 1.807) is 55.3 Å². The maximum Gasteiger partial charge on any atom is 0.252 e. The van der Waals surface area contributed by atoms with Gasteiger partial charge in [0.25, 0.3) is 5.91 Å². The van der Waals surface area contributed by atoms with E-state index < -0.39 is 11.5 Å². The summed E-state index contributed by atoms with van der Waals surface area (Å²) < 4.78 is 1.58. The minimum absolute atomic E-state index is 0.0251. The fraction of sp³-hybridized carbons (Fsp3) is 0.267. The van der Waals surface area contributed by atoms with Crippen LogP contribution in [-0.2, 0) is 12.6 Å². The summed E-state index contributed by atoms with van der Waals surface area (Å²) in [5, 5.41) is 26.0. The molecular formula is C15H16N4O2. The average molecular weight is 284 g/mol. The second kappa shape index (κ2) is 5.77. The smallest absolute Gasteiger partial charge is 0.252 e. The number of hydrogen-bond donors (Lipinski definition) is 2. The van der Waals surface area contributed by atoms with Crippen molar-refractivity contribution in [3.63, 3.8) is 0 Å². The summed E-state index contributed by atoms with van der Waals surface area (Å²) in [4.78, 5) is 12.1. The number of aromatic nitrogens is 2. The molecule has 0 aliphatic carbocycles. The number of benzene rings is 1. The summed E-state index contributed by atoms with van der Waals surface area (Å²) in [6.07, 6.45) is 3.24. The molecule has 1 heterocycles. The third kappa shape index (κ3) is 3.27. The molecule has 1 amide bonds. The van der Waals surface area contributed by atoms with Crippen molar-refractivity contribution in [2.45, 2.75) is 12.5 Å². The van der Waals surface area contributed by atoms with Crippen molar-refractivity contribution < 1.29 is 9.90 Å². The number of aryl methyl sites for hydroxylation is 1. The van der Waals surface area contributed by atoms with Gasteiger partial charge in [0.1, 0.15) is 5.60 Å². The highest BCUT2D eigenvalue weighted by Gasteiger charge is 2.26. The van der Waals surface area contributed by atoms with Crippen molar-refractivity contribution in [2.75, 3.05) is 6.54 Å². The molecule has 1 unspecified atom stereocenters. The maximum absolute atomic E-state index is 12.1. The van der Waals surface area contributed by atoms with Crippen molar-refractivity contribution >= 4 is 5.91 Å². The van der Waals surface area contributed by atoms with Crippen molar-refractivity contribution in [3.05, 3.63) is 53.3 Å². The molecule has 0 fully saturated rings. The van der Waals surface area contributed by atoms with Gasteiger partial charge in [0, 0.05) is 18.8 Å². The second-order valence-corrected chi connectivity index (χ2v) is 5.02. The quantitative estimate of drug-likeness (QED) is 0.873. The standard InChI is InChI=1S/C15H16N4O2/c1-15(21,12-8-18-19(2)9-12)10-17-14(20)13-6-4-3-5-11(13)7-16/h3-6,8-9,21H,10H2,1-2H3,(H,17,20). The maximum atomic E-state index is 12.1. The predicted molar refractivity (Wildman–Crippen MR) is 76.3 cm³/mol. The monoisotopic (exact) mass is 284 g/mol. The normalized spacial score (nSPS) is 13.2. The Labute approximate surface area is 122 Å². The van der Waals surface area contributed by atoms with Crippen molar-refractivity contribution in [1.29, 1.82) is 5.26 Å². The van der Waals surface area contributed by atoms with Gasteiger partial charge in [0.05, 0.1) is 29.9 Å². The minimum atomic E-state index is -1.23. The van der Waals surface area contributed by atoms with Crippen LogP contribution in [0.1, 0.15) is 28.4 Å². The largest absolute Gasteiger partial charge is 0.383 e. The number of nitrogens with zero attached hydrogens (tertiary/aromatic N) is 3. The second-order valence-electron chi connectivity index (χ2n) is 5.02. The molecule has 1 aromatic heterocycles. The van der Waals surface area contributed by atoms with E-state index in [1.165, 1.54) is 0 Å². The zero-order valence-corrected chi connectivity index (χ0v) is 11.9. The lowest BCUT2D eigenvalue weighted by Gasteiger charge is -2.22. The van der Waals surface area contributed by atoms with Crippen LogP contribution in [0.15, 0.2) is 36.7 Å². The number of carbonyl (C=O) groups is 1. The van der Waals surface area contributed by atoms with Crippen LogP contribution in [0, 0.1) is 11.3 Å². The predicted octanol–water partition coefficient (Wildman–Crippen LogP) is 0.929. The van der Waals surface area contributed by atoms with E-state index in [9.17, 15) is 9.90 Å². The van der Waals surface area contributed by atoms with Crippen LogP contribution in [0.5, 0.6) is 0 Å². The lowest BCUT2D eigenvalue weighted by molar-refractivity contribution is 0.0526. The number of rotatable bonds is 4. The first kappa shape index (κ1) is 14.8. The number of amides is 1. The lowest BCUT2D eigenvalue weighted by atomic mass is 9.99. The Morgan fingerprint density at radius 3 is 2.86 bits per heavy atom. The van der Waals surface area contributed by atoms with Gasteiger partial charge in [0.15, 0.2) is 0 Å². The van der Waals surface area contributed by atoms with Gasteiger partial charge in [-0.25, -0.2) is 0 Å².